The second kappa shape index (κ2) is 7.94. The fraction of sp³-hybridized carbons (Fsp3) is 0.235. The van der Waals surface area contributed by atoms with Crippen molar-refractivity contribution in [2.45, 2.75) is 12.9 Å². The van der Waals surface area contributed by atoms with Crippen LogP contribution >= 0.6 is 0 Å². The molecule has 0 heterocycles. The topological polar surface area (TPSA) is 81.9 Å². The van der Waals surface area contributed by atoms with Gasteiger partial charge in [0.2, 0.25) is 0 Å². The van der Waals surface area contributed by atoms with Gasteiger partial charge in [0.15, 0.2) is 5.75 Å². The number of halogens is 3. The first-order chi connectivity index (χ1) is 12.6. The lowest BCUT2D eigenvalue weighted by Gasteiger charge is -2.18. The van der Waals surface area contributed by atoms with Crippen LogP contribution in [0.1, 0.15) is 15.9 Å². The number of carbonyl (C=O) groups excluding carboxylic acids is 1. The molecule has 27 heavy (non-hydrogen) atoms. The third kappa shape index (κ3) is 5.33. The fourth-order valence-electron chi connectivity index (χ4n) is 2.33. The molecule has 10 heteroatoms. The summed E-state index contributed by atoms with van der Waals surface area (Å²) in [5.74, 6) is -0.832. The first kappa shape index (κ1) is 20.0. The summed E-state index contributed by atoms with van der Waals surface area (Å²) in [7, 11) is 2.75. The SMILES string of the molecule is COc1ccc(C(=O)N(C)Cc2ccc(OC(F)(F)F)cc2)cc1[N+](=O)[O-]. The number of ether oxygens (including phenoxy) is 2. The molecule has 0 aromatic heterocycles. The molecule has 0 spiro atoms. The normalized spacial score (nSPS) is 11.0. The maximum absolute atomic E-state index is 12.5. The number of alkyl halides is 3. The predicted octanol–water partition coefficient (Wildman–Crippen LogP) is 3.77. The van der Waals surface area contributed by atoms with Gasteiger partial charge in [0.25, 0.3) is 5.91 Å². The summed E-state index contributed by atoms with van der Waals surface area (Å²) in [5, 5.41) is 11.1. The van der Waals surface area contributed by atoms with Crippen molar-refractivity contribution in [3.8, 4) is 11.5 Å². The van der Waals surface area contributed by atoms with Gasteiger partial charge in [-0.2, -0.15) is 0 Å². The number of nitrogens with zero attached hydrogens (tertiary/aromatic N) is 2. The van der Waals surface area contributed by atoms with E-state index >= 15 is 0 Å². The monoisotopic (exact) mass is 384 g/mol. The van der Waals surface area contributed by atoms with Crippen molar-refractivity contribution in [1.29, 1.82) is 0 Å². The molecule has 0 N–H and O–H groups in total. The molecule has 0 aliphatic carbocycles. The lowest BCUT2D eigenvalue weighted by molar-refractivity contribution is -0.385. The standard InChI is InChI=1S/C17H15F3N2O5/c1-21(10-11-3-6-13(7-4-11)27-17(18,19)20)16(23)12-5-8-15(26-2)14(9-12)22(24)25/h3-9H,10H2,1-2H3. The molecule has 0 atom stereocenters. The minimum absolute atomic E-state index is 0.0273. The molecule has 0 aliphatic heterocycles. The lowest BCUT2D eigenvalue weighted by atomic mass is 10.1. The van der Waals surface area contributed by atoms with Gasteiger partial charge in [0.1, 0.15) is 5.75 Å². The summed E-state index contributed by atoms with van der Waals surface area (Å²) in [5.41, 5.74) is 0.302. The molecule has 7 nitrogen and oxygen atoms in total. The number of carbonyl (C=O) groups is 1. The van der Waals surface area contributed by atoms with Gasteiger partial charge >= 0.3 is 12.0 Å². The number of hydrogen-bond donors (Lipinski definition) is 0. The summed E-state index contributed by atoms with van der Waals surface area (Å²) in [4.78, 5) is 24.1. The molecule has 0 unspecified atom stereocenters. The van der Waals surface area contributed by atoms with Gasteiger partial charge in [-0.15, -0.1) is 13.2 Å². The van der Waals surface area contributed by atoms with Crippen molar-refractivity contribution in [1.82, 2.24) is 4.90 Å². The van der Waals surface area contributed by atoms with Crippen LogP contribution in [0.4, 0.5) is 18.9 Å². The Morgan fingerprint density at radius 2 is 1.81 bits per heavy atom. The summed E-state index contributed by atoms with van der Waals surface area (Å²) in [6, 6.07) is 8.88. The highest BCUT2D eigenvalue weighted by Gasteiger charge is 2.31. The first-order valence-corrected chi connectivity index (χ1v) is 7.53. The van der Waals surface area contributed by atoms with E-state index in [9.17, 15) is 28.1 Å². The molecule has 0 aliphatic rings. The molecule has 2 aromatic rings. The molecular formula is C17H15F3N2O5. The lowest BCUT2D eigenvalue weighted by Crippen LogP contribution is -2.26. The molecule has 144 valence electrons. The Morgan fingerprint density at radius 1 is 1.19 bits per heavy atom. The van der Waals surface area contributed by atoms with Gasteiger partial charge in [-0.3, -0.25) is 14.9 Å². The molecule has 0 bridgehead atoms. The Balaban J connectivity index is 2.11. The Kier molecular flexibility index (Phi) is 5.88. The number of amides is 1. The van der Waals surface area contributed by atoms with E-state index in [1.165, 1.54) is 43.3 Å². The van der Waals surface area contributed by atoms with Crippen LogP contribution in [0.25, 0.3) is 0 Å². The molecular weight excluding hydrogens is 369 g/mol. The maximum Gasteiger partial charge on any atom is 0.573 e. The molecule has 0 saturated heterocycles. The summed E-state index contributed by atoms with van der Waals surface area (Å²) >= 11 is 0. The van der Waals surface area contributed by atoms with Crippen molar-refractivity contribution >= 4 is 11.6 Å². The van der Waals surface area contributed by atoms with Crippen molar-refractivity contribution < 1.29 is 32.4 Å². The summed E-state index contributed by atoms with van der Waals surface area (Å²) in [6.07, 6.45) is -4.78. The van der Waals surface area contributed by atoms with Crippen LogP contribution in [0.2, 0.25) is 0 Å². The molecule has 2 rings (SSSR count). The van der Waals surface area contributed by atoms with E-state index in [2.05, 4.69) is 4.74 Å². The largest absolute Gasteiger partial charge is 0.573 e. The predicted molar refractivity (Wildman–Crippen MR) is 88.6 cm³/mol. The maximum atomic E-state index is 12.5. The fourth-order valence-corrected chi connectivity index (χ4v) is 2.33. The zero-order chi connectivity index (χ0) is 20.2. The van der Waals surface area contributed by atoms with E-state index in [0.29, 0.717) is 5.56 Å². The number of methoxy groups -OCH3 is 1. The Morgan fingerprint density at radius 3 is 2.33 bits per heavy atom. The van der Waals surface area contributed by atoms with Crippen LogP contribution in [0, 0.1) is 10.1 Å². The Bertz CT molecular complexity index is 837. The first-order valence-electron chi connectivity index (χ1n) is 7.53. The highest BCUT2D eigenvalue weighted by molar-refractivity contribution is 5.95. The molecule has 0 saturated carbocycles. The van der Waals surface area contributed by atoms with Gasteiger partial charge in [-0.1, -0.05) is 12.1 Å². The van der Waals surface area contributed by atoms with Crippen molar-refractivity contribution in [2.75, 3.05) is 14.2 Å². The summed E-state index contributed by atoms with van der Waals surface area (Å²) < 4.78 is 45.1. The second-order valence-electron chi connectivity index (χ2n) is 5.50. The van der Waals surface area contributed by atoms with Crippen LogP contribution in [-0.2, 0) is 6.54 Å². The quantitative estimate of drug-likeness (QED) is 0.559. The second-order valence-corrected chi connectivity index (χ2v) is 5.50. The zero-order valence-electron chi connectivity index (χ0n) is 14.3. The van der Waals surface area contributed by atoms with Gasteiger partial charge in [-0.05, 0) is 29.8 Å². The van der Waals surface area contributed by atoms with Crippen LogP contribution in [0.15, 0.2) is 42.5 Å². The van der Waals surface area contributed by atoms with Crippen molar-refractivity contribution in [3.05, 3.63) is 63.7 Å². The third-order valence-corrected chi connectivity index (χ3v) is 3.55. The van der Waals surface area contributed by atoms with E-state index < -0.39 is 17.2 Å². The highest BCUT2D eigenvalue weighted by atomic mass is 19.4. The van der Waals surface area contributed by atoms with E-state index in [1.807, 2.05) is 0 Å². The smallest absolute Gasteiger partial charge is 0.490 e. The number of nitro groups is 1. The van der Waals surface area contributed by atoms with Crippen LogP contribution in [-0.4, -0.2) is 36.3 Å². The van der Waals surface area contributed by atoms with Crippen LogP contribution in [0.3, 0.4) is 0 Å². The van der Waals surface area contributed by atoms with E-state index in [4.69, 9.17) is 4.74 Å². The van der Waals surface area contributed by atoms with E-state index in [1.54, 1.807) is 0 Å². The number of nitro benzene ring substituents is 1. The molecule has 0 fully saturated rings. The number of rotatable bonds is 6. The number of hydrogen-bond acceptors (Lipinski definition) is 5. The molecule has 0 radical (unpaired) electrons. The Hall–Kier alpha value is -3.30. The van der Waals surface area contributed by atoms with Crippen LogP contribution in [0.5, 0.6) is 11.5 Å². The minimum atomic E-state index is -4.78. The van der Waals surface area contributed by atoms with Gasteiger partial charge in [-0.25, -0.2) is 0 Å². The van der Waals surface area contributed by atoms with Crippen molar-refractivity contribution in [2.24, 2.45) is 0 Å². The summed E-state index contributed by atoms with van der Waals surface area (Å²) in [6.45, 7) is 0.0883. The van der Waals surface area contributed by atoms with E-state index in [-0.39, 0.29) is 29.3 Å². The zero-order valence-corrected chi connectivity index (χ0v) is 14.3. The van der Waals surface area contributed by atoms with Gasteiger partial charge in [0, 0.05) is 25.2 Å². The van der Waals surface area contributed by atoms with Gasteiger partial charge < -0.3 is 14.4 Å². The number of benzene rings is 2. The van der Waals surface area contributed by atoms with E-state index in [0.717, 1.165) is 18.2 Å². The highest BCUT2D eigenvalue weighted by Crippen LogP contribution is 2.28. The molecule has 1 amide bonds. The average Bonchev–Trinajstić information content (AvgIpc) is 2.60. The molecule has 2 aromatic carbocycles. The van der Waals surface area contributed by atoms with Gasteiger partial charge in [0.05, 0.1) is 12.0 Å². The van der Waals surface area contributed by atoms with Crippen molar-refractivity contribution in [3.63, 3.8) is 0 Å². The third-order valence-electron chi connectivity index (χ3n) is 3.55. The van der Waals surface area contributed by atoms with Crippen LogP contribution < -0.4 is 9.47 Å². The minimum Gasteiger partial charge on any atom is -0.490 e. The average molecular weight is 384 g/mol. The Labute approximate surface area is 152 Å².